The minimum Gasteiger partial charge on any atom is -0.493 e. The molecule has 0 saturated heterocycles. The van der Waals surface area contributed by atoms with E-state index in [1.165, 1.54) is 0 Å². The minimum absolute atomic E-state index is 0.546. The topological polar surface area (TPSA) is 52.6 Å². The number of methoxy groups -OCH3 is 2. The van der Waals surface area contributed by atoms with Crippen molar-refractivity contribution in [2.45, 2.75) is 13.5 Å². The Morgan fingerprint density at radius 1 is 1.10 bits per heavy atom. The molecule has 21 heavy (non-hydrogen) atoms. The Kier molecular flexibility index (Phi) is 5.40. The summed E-state index contributed by atoms with van der Waals surface area (Å²) in [7, 11) is 3.20. The van der Waals surface area contributed by atoms with Crippen molar-refractivity contribution in [2.75, 3.05) is 20.8 Å². The zero-order chi connectivity index (χ0) is 15.1. The van der Waals surface area contributed by atoms with Crippen molar-refractivity contribution < 1.29 is 14.2 Å². The predicted molar refractivity (Wildman–Crippen MR) is 81.2 cm³/mol. The Labute approximate surface area is 124 Å². The zero-order valence-electron chi connectivity index (χ0n) is 12.6. The molecule has 5 nitrogen and oxygen atoms in total. The number of nitrogens with zero attached hydrogens (tertiary/aromatic N) is 1. The lowest BCUT2D eigenvalue weighted by Gasteiger charge is -2.14. The molecule has 0 atom stereocenters. The van der Waals surface area contributed by atoms with Crippen LogP contribution >= 0.6 is 0 Å². The van der Waals surface area contributed by atoms with E-state index in [-0.39, 0.29) is 0 Å². The number of pyridine rings is 1. The maximum Gasteiger partial charge on any atom is 0.211 e. The van der Waals surface area contributed by atoms with Gasteiger partial charge in [-0.1, -0.05) is 13.0 Å². The average Bonchev–Trinajstić information content (AvgIpc) is 2.53. The molecule has 0 unspecified atom stereocenters. The normalized spacial score (nSPS) is 10.2. The molecule has 1 heterocycles. The first-order valence-corrected chi connectivity index (χ1v) is 6.82. The smallest absolute Gasteiger partial charge is 0.211 e. The van der Waals surface area contributed by atoms with Gasteiger partial charge in [-0.25, -0.2) is 0 Å². The van der Waals surface area contributed by atoms with E-state index in [9.17, 15) is 0 Å². The van der Waals surface area contributed by atoms with Gasteiger partial charge in [-0.15, -0.1) is 0 Å². The second-order valence-electron chi connectivity index (χ2n) is 4.40. The van der Waals surface area contributed by atoms with Crippen LogP contribution in [-0.4, -0.2) is 25.7 Å². The number of nitrogens with one attached hydrogen (secondary N) is 1. The van der Waals surface area contributed by atoms with Crippen molar-refractivity contribution in [2.24, 2.45) is 0 Å². The molecule has 0 fully saturated rings. The van der Waals surface area contributed by atoms with E-state index in [0.29, 0.717) is 23.0 Å². The number of rotatable bonds is 7. The monoisotopic (exact) mass is 288 g/mol. The van der Waals surface area contributed by atoms with Crippen molar-refractivity contribution in [3.8, 4) is 23.0 Å². The fraction of sp³-hybridized carbons (Fsp3) is 0.312. The Morgan fingerprint density at radius 2 is 1.81 bits per heavy atom. The largest absolute Gasteiger partial charge is 0.493 e. The average molecular weight is 288 g/mol. The third-order valence-electron chi connectivity index (χ3n) is 2.95. The first-order chi connectivity index (χ1) is 10.3. The molecule has 0 aliphatic carbocycles. The summed E-state index contributed by atoms with van der Waals surface area (Å²) in [4.78, 5) is 4.20. The van der Waals surface area contributed by atoms with Crippen molar-refractivity contribution in [1.29, 1.82) is 0 Å². The standard InChI is InChI=1S/C16H20N2O3/c1-4-17-9-12-8-13(11-18-10-12)21-16-14(19-2)6-5-7-15(16)20-3/h5-8,10-11,17H,4,9H2,1-3H3. The van der Waals surface area contributed by atoms with E-state index in [1.807, 2.05) is 30.5 Å². The Balaban J connectivity index is 2.25. The molecular weight excluding hydrogens is 268 g/mol. The summed E-state index contributed by atoms with van der Waals surface area (Å²) in [5.74, 6) is 2.43. The van der Waals surface area contributed by atoms with E-state index in [0.717, 1.165) is 18.7 Å². The number of ether oxygens (including phenoxy) is 3. The van der Waals surface area contributed by atoms with Gasteiger partial charge >= 0.3 is 0 Å². The summed E-state index contributed by atoms with van der Waals surface area (Å²) >= 11 is 0. The maximum absolute atomic E-state index is 5.90. The van der Waals surface area contributed by atoms with Crippen LogP contribution in [0.2, 0.25) is 0 Å². The summed E-state index contributed by atoms with van der Waals surface area (Å²) in [5.41, 5.74) is 1.06. The maximum atomic E-state index is 5.90. The van der Waals surface area contributed by atoms with E-state index in [1.54, 1.807) is 20.4 Å². The summed E-state index contributed by atoms with van der Waals surface area (Å²) in [6.07, 6.45) is 3.48. The molecule has 0 spiro atoms. The third-order valence-corrected chi connectivity index (χ3v) is 2.95. The van der Waals surface area contributed by atoms with Gasteiger partial charge in [0, 0.05) is 12.7 Å². The number of hydrogen-bond acceptors (Lipinski definition) is 5. The second kappa shape index (κ2) is 7.50. The van der Waals surface area contributed by atoms with E-state index < -0.39 is 0 Å². The van der Waals surface area contributed by atoms with Gasteiger partial charge in [0.1, 0.15) is 5.75 Å². The van der Waals surface area contributed by atoms with Gasteiger partial charge in [0.2, 0.25) is 5.75 Å². The molecule has 1 aromatic carbocycles. The molecule has 0 radical (unpaired) electrons. The number of para-hydroxylation sites is 1. The quantitative estimate of drug-likeness (QED) is 0.848. The third kappa shape index (κ3) is 3.86. The molecule has 0 saturated carbocycles. The predicted octanol–water partition coefficient (Wildman–Crippen LogP) is 3.00. The first-order valence-electron chi connectivity index (χ1n) is 6.82. The Hall–Kier alpha value is -2.27. The van der Waals surface area contributed by atoms with Crippen molar-refractivity contribution in [1.82, 2.24) is 10.3 Å². The van der Waals surface area contributed by atoms with Gasteiger partial charge in [0.05, 0.1) is 20.4 Å². The van der Waals surface area contributed by atoms with Crippen LogP contribution in [0.15, 0.2) is 36.7 Å². The van der Waals surface area contributed by atoms with Crippen molar-refractivity contribution in [3.05, 3.63) is 42.2 Å². The highest BCUT2D eigenvalue weighted by Gasteiger charge is 2.12. The first kappa shape index (κ1) is 15.1. The number of aromatic nitrogens is 1. The van der Waals surface area contributed by atoms with Crippen LogP contribution in [0.5, 0.6) is 23.0 Å². The molecule has 0 aliphatic rings. The minimum atomic E-state index is 0.546. The van der Waals surface area contributed by atoms with Crippen LogP contribution in [0.1, 0.15) is 12.5 Å². The Bertz CT molecular complexity index is 565. The van der Waals surface area contributed by atoms with Crippen LogP contribution in [0.4, 0.5) is 0 Å². The lowest BCUT2D eigenvalue weighted by molar-refractivity contribution is 0.346. The van der Waals surface area contributed by atoms with Gasteiger partial charge < -0.3 is 19.5 Å². The highest BCUT2D eigenvalue weighted by atomic mass is 16.5. The molecule has 1 aromatic heterocycles. The molecule has 1 N–H and O–H groups in total. The van der Waals surface area contributed by atoms with Gasteiger partial charge in [0.15, 0.2) is 11.5 Å². The summed E-state index contributed by atoms with van der Waals surface area (Å²) in [6.45, 7) is 3.72. The zero-order valence-corrected chi connectivity index (χ0v) is 12.6. The summed E-state index contributed by atoms with van der Waals surface area (Å²) in [6, 6.07) is 7.45. The summed E-state index contributed by atoms with van der Waals surface area (Å²) in [5, 5.41) is 3.26. The molecule has 112 valence electrons. The molecular formula is C16H20N2O3. The molecule has 0 aliphatic heterocycles. The molecule has 5 heteroatoms. The molecule has 0 amide bonds. The SMILES string of the molecule is CCNCc1cncc(Oc2c(OC)cccc2OC)c1. The van der Waals surface area contributed by atoms with E-state index in [2.05, 4.69) is 17.2 Å². The number of benzene rings is 1. The van der Waals surface area contributed by atoms with Gasteiger partial charge in [-0.3, -0.25) is 4.98 Å². The van der Waals surface area contributed by atoms with Crippen LogP contribution in [0.3, 0.4) is 0 Å². The second-order valence-corrected chi connectivity index (χ2v) is 4.40. The lowest BCUT2D eigenvalue weighted by Crippen LogP contribution is -2.11. The van der Waals surface area contributed by atoms with Crippen LogP contribution in [0.25, 0.3) is 0 Å². The molecule has 2 rings (SSSR count). The molecule has 0 bridgehead atoms. The van der Waals surface area contributed by atoms with Crippen molar-refractivity contribution >= 4 is 0 Å². The number of hydrogen-bond donors (Lipinski definition) is 1. The van der Waals surface area contributed by atoms with Crippen molar-refractivity contribution in [3.63, 3.8) is 0 Å². The van der Waals surface area contributed by atoms with Gasteiger partial charge in [0.25, 0.3) is 0 Å². The molecule has 2 aromatic rings. The van der Waals surface area contributed by atoms with Crippen LogP contribution < -0.4 is 19.5 Å². The van der Waals surface area contributed by atoms with Gasteiger partial charge in [-0.2, -0.15) is 0 Å². The Morgan fingerprint density at radius 3 is 2.43 bits per heavy atom. The highest BCUT2D eigenvalue weighted by molar-refractivity contribution is 5.53. The van der Waals surface area contributed by atoms with E-state index >= 15 is 0 Å². The van der Waals surface area contributed by atoms with Crippen LogP contribution in [-0.2, 0) is 6.54 Å². The fourth-order valence-corrected chi connectivity index (χ4v) is 1.92. The fourth-order valence-electron chi connectivity index (χ4n) is 1.92. The van der Waals surface area contributed by atoms with Crippen LogP contribution in [0, 0.1) is 0 Å². The highest BCUT2D eigenvalue weighted by Crippen LogP contribution is 2.39. The summed E-state index contributed by atoms with van der Waals surface area (Å²) < 4.78 is 16.5. The van der Waals surface area contributed by atoms with E-state index in [4.69, 9.17) is 14.2 Å². The van der Waals surface area contributed by atoms with Gasteiger partial charge in [-0.05, 0) is 30.3 Å². The lowest BCUT2D eigenvalue weighted by atomic mass is 10.2.